The molecule has 0 bridgehead atoms. The van der Waals surface area contributed by atoms with Gasteiger partial charge in [0.05, 0.1) is 25.9 Å². The highest BCUT2D eigenvalue weighted by Gasteiger charge is 2.34. The average molecular weight is 374 g/mol. The van der Waals surface area contributed by atoms with Crippen LogP contribution < -0.4 is 15.3 Å². The Balaban J connectivity index is 0.00000280. The van der Waals surface area contributed by atoms with E-state index in [1.165, 1.54) is 13.2 Å². The normalized spacial score (nSPS) is 19.8. The van der Waals surface area contributed by atoms with Crippen molar-refractivity contribution in [3.05, 3.63) is 35.9 Å². The van der Waals surface area contributed by atoms with E-state index in [9.17, 15) is 9.59 Å². The molecule has 8 heteroatoms. The van der Waals surface area contributed by atoms with Crippen LogP contribution in [-0.2, 0) is 20.8 Å². The molecule has 0 aliphatic carbocycles. The van der Waals surface area contributed by atoms with Crippen LogP contribution in [0.15, 0.2) is 29.8 Å². The second-order valence-corrected chi connectivity index (χ2v) is 6.51. The number of cyclic esters (lactones) is 1. The Bertz CT molecular complexity index is 811. The number of nitrogens with zero attached hydrogens (tertiary/aromatic N) is 3. The van der Waals surface area contributed by atoms with E-state index >= 15 is 0 Å². The highest BCUT2D eigenvalue weighted by atomic mass is 16.6. The van der Waals surface area contributed by atoms with E-state index in [0.717, 1.165) is 22.5 Å². The Hall–Kier alpha value is -2.87. The summed E-state index contributed by atoms with van der Waals surface area (Å²) in [6, 6.07) is 3.77. The van der Waals surface area contributed by atoms with Crippen molar-refractivity contribution in [2.75, 3.05) is 37.0 Å². The minimum Gasteiger partial charge on any atom is -0.442 e. The number of hydrogen-bond acceptors (Lipinski definition) is 5. The number of benzene rings is 1. The molecule has 2 aliphatic rings. The van der Waals surface area contributed by atoms with Gasteiger partial charge in [-0.3, -0.25) is 19.5 Å². The van der Waals surface area contributed by atoms with E-state index in [2.05, 4.69) is 17.1 Å². The molecule has 1 fully saturated rings. The summed E-state index contributed by atoms with van der Waals surface area (Å²) in [5, 5.41) is 0. The molecule has 27 heavy (non-hydrogen) atoms. The molecular formula is C19H26N4O4. The van der Waals surface area contributed by atoms with E-state index in [4.69, 9.17) is 9.57 Å². The highest BCUT2D eigenvalue weighted by molar-refractivity contribution is 5.98. The van der Waals surface area contributed by atoms with Gasteiger partial charge in [-0.2, -0.15) is 0 Å². The van der Waals surface area contributed by atoms with E-state index in [1.54, 1.807) is 16.8 Å². The number of hydrogen-bond donors (Lipinski definition) is 1. The molecule has 2 aliphatic heterocycles. The van der Waals surface area contributed by atoms with Crippen LogP contribution in [0.1, 0.15) is 19.0 Å². The highest BCUT2D eigenvalue weighted by Crippen LogP contribution is 2.36. The number of aliphatic imine (C=N–C) groups is 1. The molecule has 2 amide bonds. The third kappa shape index (κ3) is 3.66. The maximum atomic E-state index is 12.4. The predicted molar refractivity (Wildman–Crippen MR) is 105 cm³/mol. The monoisotopic (exact) mass is 374 g/mol. The maximum Gasteiger partial charge on any atom is 0.414 e. The quantitative estimate of drug-likeness (QED) is 0.485. The number of carbonyl (C=O) groups excluding carboxylic acids is 2. The molecule has 1 aromatic rings. The topological polar surface area (TPSA) is 83.5 Å². The first-order valence-electron chi connectivity index (χ1n) is 8.79. The van der Waals surface area contributed by atoms with Crippen LogP contribution in [0, 0.1) is 6.92 Å². The zero-order chi connectivity index (χ0) is 19.6. The van der Waals surface area contributed by atoms with E-state index in [-0.39, 0.29) is 13.4 Å². The zero-order valence-electron chi connectivity index (χ0n) is 15.8. The summed E-state index contributed by atoms with van der Waals surface area (Å²) in [6.07, 6.45) is 1.94. The van der Waals surface area contributed by atoms with Crippen molar-refractivity contribution in [3.8, 4) is 0 Å². The molecule has 0 aromatic heterocycles. The summed E-state index contributed by atoms with van der Waals surface area (Å²) in [4.78, 5) is 36.7. The van der Waals surface area contributed by atoms with E-state index in [0.29, 0.717) is 31.8 Å². The van der Waals surface area contributed by atoms with Crippen molar-refractivity contribution in [2.24, 2.45) is 4.99 Å². The van der Waals surface area contributed by atoms with Crippen molar-refractivity contribution >= 4 is 29.2 Å². The number of anilines is 2. The van der Waals surface area contributed by atoms with Gasteiger partial charge >= 0.3 is 6.09 Å². The molecule has 1 aromatic carbocycles. The summed E-state index contributed by atoms with van der Waals surface area (Å²) in [5.41, 5.74) is 6.42. The second-order valence-electron chi connectivity index (χ2n) is 6.51. The molecule has 0 saturated carbocycles. The van der Waals surface area contributed by atoms with Gasteiger partial charge in [-0.25, -0.2) is 10.3 Å². The van der Waals surface area contributed by atoms with Crippen molar-refractivity contribution in [3.63, 3.8) is 0 Å². The van der Waals surface area contributed by atoms with Crippen molar-refractivity contribution < 1.29 is 20.6 Å². The molecular weight excluding hydrogens is 348 g/mol. The van der Waals surface area contributed by atoms with E-state index < -0.39 is 6.09 Å². The lowest BCUT2D eigenvalue weighted by molar-refractivity contribution is -0.118. The molecule has 8 nitrogen and oxygen atoms in total. The average Bonchev–Trinajstić information content (AvgIpc) is 3.02. The Morgan fingerprint density at radius 1 is 1.44 bits per heavy atom. The van der Waals surface area contributed by atoms with Crippen LogP contribution in [0.25, 0.3) is 0 Å². The van der Waals surface area contributed by atoms with Gasteiger partial charge in [0.15, 0.2) is 0 Å². The lowest BCUT2D eigenvalue weighted by atomic mass is 9.95. The Kier molecular flexibility index (Phi) is 5.46. The van der Waals surface area contributed by atoms with Crippen molar-refractivity contribution in [1.29, 1.82) is 0 Å². The summed E-state index contributed by atoms with van der Waals surface area (Å²) in [7, 11) is 3.27. The molecule has 1 N–H and O–H groups in total. The Morgan fingerprint density at radius 2 is 2.19 bits per heavy atom. The van der Waals surface area contributed by atoms with Crippen LogP contribution >= 0.6 is 0 Å². The summed E-state index contributed by atoms with van der Waals surface area (Å²) < 4.78 is 5.45. The molecule has 1 unspecified atom stereocenters. The minimum absolute atomic E-state index is 0. The third-order valence-corrected chi connectivity index (χ3v) is 4.90. The Labute approximate surface area is 159 Å². The van der Waals surface area contributed by atoms with Gasteiger partial charge in [-0.15, -0.1) is 0 Å². The lowest BCUT2D eigenvalue weighted by Crippen LogP contribution is -2.32. The number of amides is 2. The van der Waals surface area contributed by atoms with Gasteiger partial charge in [0.1, 0.15) is 11.9 Å². The third-order valence-electron chi connectivity index (χ3n) is 4.90. The largest absolute Gasteiger partial charge is 0.442 e. The molecule has 0 spiro atoms. The number of hydroxylamine groups is 1. The van der Waals surface area contributed by atoms with Crippen LogP contribution in [0.4, 0.5) is 16.2 Å². The number of ether oxygens (including phenoxy) is 1. The van der Waals surface area contributed by atoms with Crippen molar-refractivity contribution in [2.45, 2.75) is 25.9 Å². The van der Waals surface area contributed by atoms with Crippen LogP contribution in [0.3, 0.4) is 0 Å². The molecule has 0 radical (unpaired) electrons. The number of carbonyl (C=O) groups is 2. The number of rotatable bonds is 5. The number of nitrogens with one attached hydrogen (secondary N) is 1. The lowest BCUT2D eigenvalue weighted by Gasteiger charge is -2.29. The molecule has 1 atom stereocenters. The fraction of sp³-hybridized carbons (Fsp3) is 0.421. The number of fused-ring (bicyclic) bond motifs is 1. The van der Waals surface area contributed by atoms with Gasteiger partial charge in [0.25, 0.3) is 0 Å². The van der Waals surface area contributed by atoms with Crippen LogP contribution in [-0.4, -0.2) is 51.2 Å². The van der Waals surface area contributed by atoms with Gasteiger partial charge in [0, 0.05) is 20.6 Å². The predicted octanol–water partition coefficient (Wildman–Crippen LogP) is 2.21. The van der Waals surface area contributed by atoms with Gasteiger partial charge in [0.2, 0.25) is 5.91 Å². The molecule has 146 valence electrons. The standard InChI is InChI=1S/C19H24N4O4.H2/c1-5-17(21-26-4)20-10-13-11-23(19(25)27-13)15-7-8-16-14(12(15)2)6-9-18(24)22(16)3;/h5,7-8,13H,1,6,9-11H2,2-4H3,(H,20,21);1H. The van der Waals surface area contributed by atoms with Crippen LogP contribution in [0.2, 0.25) is 0 Å². The van der Waals surface area contributed by atoms with Gasteiger partial charge < -0.3 is 9.64 Å². The molecule has 3 rings (SSSR count). The first-order valence-corrected chi connectivity index (χ1v) is 8.79. The fourth-order valence-corrected chi connectivity index (χ4v) is 3.44. The van der Waals surface area contributed by atoms with Crippen LogP contribution in [0.5, 0.6) is 0 Å². The fourth-order valence-electron chi connectivity index (χ4n) is 3.44. The van der Waals surface area contributed by atoms with Crippen molar-refractivity contribution in [1.82, 2.24) is 5.48 Å². The minimum atomic E-state index is -0.390. The summed E-state index contributed by atoms with van der Waals surface area (Å²) in [5.74, 6) is 0.584. The number of amidine groups is 1. The molecule has 2 heterocycles. The maximum absolute atomic E-state index is 12.4. The second kappa shape index (κ2) is 7.79. The first kappa shape index (κ1) is 18.9. The van der Waals surface area contributed by atoms with Gasteiger partial charge in [-0.1, -0.05) is 6.58 Å². The summed E-state index contributed by atoms with van der Waals surface area (Å²) >= 11 is 0. The first-order chi connectivity index (χ1) is 13.0. The van der Waals surface area contributed by atoms with Gasteiger partial charge in [-0.05, 0) is 42.7 Å². The molecule has 1 saturated heterocycles. The Morgan fingerprint density at radius 3 is 2.89 bits per heavy atom. The zero-order valence-corrected chi connectivity index (χ0v) is 15.8. The summed E-state index contributed by atoms with van der Waals surface area (Å²) in [6.45, 7) is 6.35. The smallest absolute Gasteiger partial charge is 0.414 e. The van der Waals surface area contributed by atoms with E-state index in [1.807, 2.05) is 19.1 Å². The SMILES string of the molecule is C=CC(=NCC1CN(c2ccc3c(c2C)CCC(=O)N3C)C(=O)O1)NOC.[HH].